The van der Waals surface area contributed by atoms with Crippen molar-refractivity contribution in [2.45, 2.75) is 32.1 Å². The summed E-state index contributed by atoms with van der Waals surface area (Å²) in [7, 11) is 1.54. The molecule has 2 aliphatic rings. The fraction of sp³-hybridized carbons (Fsp3) is 0.318. The molecule has 0 bridgehead atoms. The molecule has 0 aromatic carbocycles. The Hall–Kier alpha value is -2.94. The lowest BCUT2D eigenvalue weighted by Crippen LogP contribution is -2.42. The zero-order chi connectivity index (χ0) is 21.9. The van der Waals surface area contributed by atoms with E-state index >= 15 is 0 Å². The summed E-state index contributed by atoms with van der Waals surface area (Å²) < 4.78 is 20.7. The maximum atomic E-state index is 14.9. The number of rotatable bonds is 10. The summed E-state index contributed by atoms with van der Waals surface area (Å²) in [5, 5.41) is 20.2. The van der Waals surface area contributed by atoms with Crippen molar-refractivity contribution in [2.24, 2.45) is 0 Å². The number of aliphatic hydroxyl groups is 2. The minimum absolute atomic E-state index is 0.0542. The highest BCUT2D eigenvalue weighted by atomic mass is 19.2. The van der Waals surface area contributed by atoms with Crippen molar-refractivity contribution in [1.29, 1.82) is 0 Å². The first-order chi connectivity index (χ1) is 14.5. The number of halogens is 1. The average Bonchev–Trinajstić information content (AvgIpc) is 2.94. The van der Waals surface area contributed by atoms with E-state index in [-0.39, 0.29) is 17.9 Å². The largest absolute Gasteiger partial charge is 0.490 e. The number of allylic oxidation sites excluding steroid dienone is 9. The number of ether oxygens (including phenoxy) is 1. The van der Waals surface area contributed by atoms with Crippen molar-refractivity contribution < 1.29 is 24.2 Å². The van der Waals surface area contributed by atoms with E-state index in [0.29, 0.717) is 23.8 Å². The first-order valence-electron chi connectivity index (χ1n) is 9.61. The smallest absolute Gasteiger partial charge is 0.172 e. The first kappa shape index (κ1) is 23.3. The van der Waals surface area contributed by atoms with E-state index in [1.807, 2.05) is 31.2 Å². The molecule has 0 amide bonds. The quantitative estimate of drug-likeness (QED) is 0.126. The molecule has 1 heterocycles. The van der Waals surface area contributed by atoms with Crippen LogP contribution in [0.15, 0.2) is 83.6 Å². The maximum Gasteiger partial charge on any atom is 0.172 e. The Kier molecular flexibility index (Phi) is 9.27. The molecule has 0 aromatic heterocycles. The van der Waals surface area contributed by atoms with Gasteiger partial charge < -0.3 is 14.9 Å². The second-order valence-corrected chi connectivity index (χ2v) is 6.66. The monoisotopic (exact) mass is 417 g/mol. The van der Waals surface area contributed by atoms with Crippen LogP contribution in [-0.4, -0.2) is 52.6 Å². The van der Waals surface area contributed by atoms with Gasteiger partial charge in [-0.15, -0.1) is 0 Å². The molecule has 1 aliphatic heterocycles. The maximum absolute atomic E-state index is 14.9. The Bertz CT molecular complexity index is 809. The third-order valence-corrected chi connectivity index (χ3v) is 4.44. The van der Waals surface area contributed by atoms with Crippen molar-refractivity contribution >= 4 is 6.29 Å². The third-order valence-electron chi connectivity index (χ3n) is 4.44. The fourth-order valence-corrected chi connectivity index (χ4v) is 2.82. The van der Waals surface area contributed by atoms with Crippen LogP contribution in [0.3, 0.4) is 0 Å². The van der Waals surface area contributed by atoms with Gasteiger partial charge >= 0.3 is 0 Å². The number of carbonyl (C=O) groups excluding carboxylic acids is 1. The van der Waals surface area contributed by atoms with Crippen molar-refractivity contribution in [3.63, 3.8) is 0 Å². The molecule has 0 aromatic rings. The summed E-state index contributed by atoms with van der Waals surface area (Å²) in [6.45, 7) is 2.29. The number of hydrazine groups is 1. The number of aliphatic hydroxyl groups excluding tert-OH is 1. The third kappa shape index (κ3) is 6.84. The van der Waals surface area contributed by atoms with Crippen LogP contribution in [0.2, 0.25) is 0 Å². The van der Waals surface area contributed by atoms with Crippen LogP contribution < -0.4 is 5.43 Å². The number of nitrogens with zero attached hydrogens (tertiary/aromatic N) is 2. The van der Waals surface area contributed by atoms with Crippen LogP contribution in [0, 0.1) is 0 Å². The summed E-state index contributed by atoms with van der Waals surface area (Å²) in [6, 6.07) is -0.845. The van der Waals surface area contributed by atoms with Gasteiger partial charge in [-0.2, -0.15) is 5.12 Å². The second kappa shape index (κ2) is 11.9. The Morgan fingerprint density at radius 2 is 2.23 bits per heavy atom. The lowest BCUT2D eigenvalue weighted by molar-refractivity contribution is -0.104. The molecule has 0 spiro atoms. The van der Waals surface area contributed by atoms with Gasteiger partial charge in [0.2, 0.25) is 0 Å². The Morgan fingerprint density at radius 3 is 2.90 bits per heavy atom. The zero-order valence-electron chi connectivity index (χ0n) is 17.1. The van der Waals surface area contributed by atoms with E-state index in [0.717, 1.165) is 18.1 Å². The topological polar surface area (TPSA) is 85.3 Å². The summed E-state index contributed by atoms with van der Waals surface area (Å²) in [5.41, 5.74) is 3.92. The molecular formula is C22H28FN3O4. The molecule has 0 fully saturated rings. The second-order valence-electron chi connectivity index (χ2n) is 6.66. The number of carbonyl (C=O) groups is 1. The standard InChI is InChI=1S/C22H28FN3O4/c1-3-19(30-16-17-9-6-4-5-7-10-17)12-8-11-18(13-14-27)26(23)21-15-20(22(28)29)24-25(21)2/h3-9,12-15,20,22,24,28-29H,10-11,16H2,1-2H3/b12-8-,18-13-,19-3+. The Labute approximate surface area is 176 Å². The van der Waals surface area contributed by atoms with E-state index in [4.69, 9.17) is 4.74 Å². The van der Waals surface area contributed by atoms with Gasteiger partial charge in [0.1, 0.15) is 18.7 Å². The summed E-state index contributed by atoms with van der Waals surface area (Å²) >= 11 is 0. The van der Waals surface area contributed by atoms with Gasteiger partial charge in [0.05, 0.1) is 11.7 Å². The predicted octanol–water partition coefficient (Wildman–Crippen LogP) is 2.54. The molecule has 1 aliphatic carbocycles. The molecule has 162 valence electrons. The molecular weight excluding hydrogens is 389 g/mol. The number of nitrogens with one attached hydrogen (secondary N) is 1. The molecule has 8 heteroatoms. The summed E-state index contributed by atoms with van der Waals surface area (Å²) in [4.78, 5) is 11.0. The van der Waals surface area contributed by atoms with Gasteiger partial charge in [-0.25, -0.2) is 5.43 Å². The average molecular weight is 417 g/mol. The van der Waals surface area contributed by atoms with Crippen LogP contribution in [-0.2, 0) is 9.53 Å². The normalized spacial score (nSPS) is 19.9. The van der Waals surface area contributed by atoms with Crippen molar-refractivity contribution in [1.82, 2.24) is 15.6 Å². The number of aldehydes is 1. The summed E-state index contributed by atoms with van der Waals surface area (Å²) in [5.74, 6) is 0.685. The predicted molar refractivity (Wildman–Crippen MR) is 113 cm³/mol. The minimum atomic E-state index is -1.68. The van der Waals surface area contributed by atoms with E-state index in [1.165, 1.54) is 18.1 Å². The van der Waals surface area contributed by atoms with E-state index < -0.39 is 12.3 Å². The lowest BCUT2D eigenvalue weighted by Gasteiger charge is -2.24. The molecule has 30 heavy (non-hydrogen) atoms. The molecule has 7 nitrogen and oxygen atoms in total. The molecule has 3 N–H and O–H groups in total. The highest BCUT2D eigenvalue weighted by molar-refractivity contribution is 5.66. The van der Waals surface area contributed by atoms with Crippen molar-refractivity contribution in [3.05, 3.63) is 83.6 Å². The van der Waals surface area contributed by atoms with Gasteiger partial charge in [-0.1, -0.05) is 40.9 Å². The van der Waals surface area contributed by atoms with Gasteiger partial charge in [0, 0.05) is 19.5 Å². The molecule has 0 radical (unpaired) electrons. The minimum Gasteiger partial charge on any atom is -0.490 e. The molecule has 1 atom stereocenters. The van der Waals surface area contributed by atoms with Gasteiger partial charge in [0.25, 0.3) is 0 Å². The molecule has 0 saturated heterocycles. The number of hydrogen-bond donors (Lipinski definition) is 3. The van der Waals surface area contributed by atoms with Gasteiger partial charge in [0.15, 0.2) is 12.1 Å². The van der Waals surface area contributed by atoms with Crippen LogP contribution in [0.4, 0.5) is 4.48 Å². The summed E-state index contributed by atoms with van der Waals surface area (Å²) in [6.07, 6.45) is 17.4. The van der Waals surface area contributed by atoms with Crippen LogP contribution in [0.25, 0.3) is 0 Å². The lowest BCUT2D eigenvalue weighted by atomic mass is 10.2. The van der Waals surface area contributed by atoms with Gasteiger partial charge in [-0.3, -0.25) is 9.80 Å². The van der Waals surface area contributed by atoms with Crippen LogP contribution in [0.5, 0.6) is 0 Å². The van der Waals surface area contributed by atoms with Crippen molar-refractivity contribution in [2.75, 3.05) is 13.7 Å². The van der Waals surface area contributed by atoms with E-state index in [1.54, 1.807) is 18.2 Å². The van der Waals surface area contributed by atoms with E-state index in [9.17, 15) is 19.5 Å². The molecule has 0 saturated carbocycles. The fourth-order valence-electron chi connectivity index (χ4n) is 2.82. The molecule has 2 rings (SSSR count). The Balaban J connectivity index is 1.98. The van der Waals surface area contributed by atoms with E-state index in [2.05, 4.69) is 11.5 Å². The highest BCUT2D eigenvalue weighted by Crippen LogP contribution is 2.23. The SMILES string of the molecule is C/C=C(\C=C/C/C(=C/C=O)N(F)C1=CC(C(O)O)NN1C)OCC1=CC=CC=CC1. The number of hydrogen-bond acceptors (Lipinski definition) is 7. The van der Waals surface area contributed by atoms with Crippen LogP contribution >= 0.6 is 0 Å². The van der Waals surface area contributed by atoms with Crippen molar-refractivity contribution in [3.8, 4) is 0 Å². The zero-order valence-corrected chi connectivity index (χ0v) is 17.1. The first-order valence-corrected chi connectivity index (χ1v) is 9.61. The Morgan fingerprint density at radius 1 is 1.43 bits per heavy atom. The van der Waals surface area contributed by atoms with Gasteiger partial charge in [-0.05, 0) is 37.1 Å². The van der Waals surface area contributed by atoms with Crippen LogP contribution in [0.1, 0.15) is 19.8 Å². The molecule has 1 unspecified atom stereocenters. The highest BCUT2D eigenvalue weighted by Gasteiger charge is 2.29.